The van der Waals surface area contributed by atoms with Crippen LogP contribution in [0.25, 0.3) is 11.5 Å². The van der Waals surface area contributed by atoms with E-state index in [9.17, 15) is 10.1 Å². The van der Waals surface area contributed by atoms with Gasteiger partial charge in [-0.1, -0.05) is 36.4 Å². The van der Waals surface area contributed by atoms with Crippen molar-refractivity contribution in [1.29, 1.82) is 5.26 Å². The molecule has 0 unspecified atom stereocenters. The van der Waals surface area contributed by atoms with E-state index in [1.165, 1.54) is 0 Å². The second-order valence-corrected chi connectivity index (χ2v) is 6.30. The van der Waals surface area contributed by atoms with Gasteiger partial charge in [0.1, 0.15) is 6.07 Å². The molecule has 3 aromatic rings. The molecule has 4 rings (SSSR count). The second-order valence-electron chi connectivity index (χ2n) is 6.30. The monoisotopic (exact) mass is 358 g/mol. The first-order chi connectivity index (χ1) is 13.3. The highest BCUT2D eigenvalue weighted by Gasteiger charge is 2.27. The van der Waals surface area contributed by atoms with Gasteiger partial charge in [0, 0.05) is 37.3 Å². The number of amides is 1. The molecule has 134 valence electrons. The first-order valence-electron chi connectivity index (χ1n) is 8.82. The molecule has 0 radical (unpaired) electrons. The molecule has 0 N–H and O–H groups in total. The number of piperazine rings is 1. The van der Waals surface area contributed by atoms with E-state index in [4.69, 9.17) is 4.42 Å². The lowest BCUT2D eigenvalue weighted by molar-refractivity contribution is 0.0745. The summed E-state index contributed by atoms with van der Waals surface area (Å²) in [6.07, 6.45) is 0. The van der Waals surface area contributed by atoms with Gasteiger partial charge >= 0.3 is 0 Å². The third-order valence-electron chi connectivity index (χ3n) is 4.61. The van der Waals surface area contributed by atoms with Crippen LogP contribution < -0.4 is 4.90 Å². The normalized spacial score (nSPS) is 14.0. The molecule has 0 atom stereocenters. The Labute approximate surface area is 157 Å². The van der Waals surface area contributed by atoms with Crippen molar-refractivity contribution in [2.75, 3.05) is 31.1 Å². The number of hydrogen-bond donors (Lipinski definition) is 0. The summed E-state index contributed by atoms with van der Waals surface area (Å²) >= 11 is 0. The third kappa shape index (κ3) is 3.40. The van der Waals surface area contributed by atoms with Crippen molar-refractivity contribution in [2.24, 2.45) is 0 Å². The summed E-state index contributed by atoms with van der Waals surface area (Å²) in [4.78, 5) is 20.7. The zero-order valence-electron chi connectivity index (χ0n) is 14.7. The number of aromatic nitrogens is 1. The minimum Gasteiger partial charge on any atom is -0.419 e. The predicted molar refractivity (Wildman–Crippen MR) is 101 cm³/mol. The standard InChI is InChI=1S/C21H18N4O2/c22-15-18-21(27-19(23-18)16-7-3-1-4-8-16)25-13-11-24(12-14-25)20(26)17-9-5-2-6-10-17/h1-10H,11-14H2. The van der Waals surface area contributed by atoms with E-state index in [0.29, 0.717) is 43.5 Å². The molecule has 2 aromatic carbocycles. The Hall–Kier alpha value is -3.59. The van der Waals surface area contributed by atoms with Crippen LogP contribution in [0.1, 0.15) is 16.1 Å². The number of carbonyl (C=O) groups is 1. The summed E-state index contributed by atoms with van der Waals surface area (Å²) in [5.41, 5.74) is 1.80. The molecule has 0 saturated carbocycles. The van der Waals surface area contributed by atoms with Crippen molar-refractivity contribution >= 4 is 11.8 Å². The lowest BCUT2D eigenvalue weighted by Gasteiger charge is -2.34. The summed E-state index contributed by atoms with van der Waals surface area (Å²) in [6, 6.07) is 20.9. The molecule has 0 spiro atoms. The van der Waals surface area contributed by atoms with Gasteiger partial charge in [0.15, 0.2) is 0 Å². The number of oxazole rings is 1. The van der Waals surface area contributed by atoms with Crippen molar-refractivity contribution < 1.29 is 9.21 Å². The van der Waals surface area contributed by atoms with E-state index in [0.717, 1.165) is 5.56 Å². The second kappa shape index (κ2) is 7.34. The van der Waals surface area contributed by atoms with Crippen LogP contribution in [0, 0.1) is 11.3 Å². The third-order valence-corrected chi connectivity index (χ3v) is 4.61. The summed E-state index contributed by atoms with van der Waals surface area (Å²) < 4.78 is 5.90. The van der Waals surface area contributed by atoms with Crippen molar-refractivity contribution in [3.8, 4) is 17.5 Å². The summed E-state index contributed by atoms with van der Waals surface area (Å²) in [5.74, 6) is 0.936. The van der Waals surface area contributed by atoms with Gasteiger partial charge in [-0.25, -0.2) is 0 Å². The van der Waals surface area contributed by atoms with E-state index < -0.39 is 0 Å². The summed E-state index contributed by atoms with van der Waals surface area (Å²) in [6.45, 7) is 2.33. The van der Waals surface area contributed by atoms with Gasteiger partial charge in [-0.2, -0.15) is 10.2 Å². The van der Waals surface area contributed by atoms with Crippen LogP contribution in [0.15, 0.2) is 65.1 Å². The van der Waals surface area contributed by atoms with Crippen LogP contribution in [0.3, 0.4) is 0 Å². The Morgan fingerprint density at radius 1 is 0.963 bits per heavy atom. The zero-order chi connectivity index (χ0) is 18.6. The van der Waals surface area contributed by atoms with Crippen molar-refractivity contribution in [2.45, 2.75) is 0 Å². The van der Waals surface area contributed by atoms with E-state index in [1.54, 1.807) is 0 Å². The molecule has 1 saturated heterocycles. The highest BCUT2D eigenvalue weighted by Crippen LogP contribution is 2.28. The fourth-order valence-corrected chi connectivity index (χ4v) is 3.18. The lowest BCUT2D eigenvalue weighted by Crippen LogP contribution is -2.48. The first kappa shape index (κ1) is 16.9. The molecule has 0 bridgehead atoms. The Kier molecular flexibility index (Phi) is 4.58. The number of carbonyl (C=O) groups excluding carboxylic acids is 1. The number of hydrogen-bond acceptors (Lipinski definition) is 5. The van der Waals surface area contributed by atoms with Gasteiger partial charge < -0.3 is 14.2 Å². The largest absolute Gasteiger partial charge is 0.419 e. The molecule has 1 aliphatic heterocycles. The van der Waals surface area contributed by atoms with Crippen molar-refractivity contribution in [3.63, 3.8) is 0 Å². The number of nitrogens with zero attached hydrogens (tertiary/aromatic N) is 4. The van der Waals surface area contributed by atoms with Gasteiger partial charge in [0.05, 0.1) is 0 Å². The van der Waals surface area contributed by atoms with Gasteiger partial charge in [-0.15, -0.1) is 0 Å². The molecule has 1 aliphatic rings. The van der Waals surface area contributed by atoms with Crippen LogP contribution in [0.2, 0.25) is 0 Å². The number of nitriles is 1. The van der Waals surface area contributed by atoms with E-state index in [2.05, 4.69) is 11.1 Å². The molecule has 6 nitrogen and oxygen atoms in total. The van der Waals surface area contributed by atoms with E-state index >= 15 is 0 Å². The fraction of sp³-hybridized carbons (Fsp3) is 0.190. The average Bonchev–Trinajstić information content (AvgIpc) is 3.19. The maximum atomic E-state index is 12.6. The average molecular weight is 358 g/mol. The van der Waals surface area contributed by atoms with Gasteiger partial charge in [0.2, 0.25) is 17.5 Å². The lowest BCUT2D eigenvalue weighted by atomic mass is 10.2. The Balaban J connectivity index is 1.49. The van der Waals surface area contributed by atoms with Crippen LogP contribution in [-0.4, -0.2) is 42.0 Å². The molecule has 1 amide bonds. The van der Waals surface area contributed by atoms with Crippen LogP contribution in [0.4, 0.5) is 5.88 Å². The number of benzene rings is 2. The van der Waals surface area contributed by atoms with Gasteiger partial charge in [0.25, 0.3) is 5.91 Å². The van der Waals surface area contributed by atoms with Crippen LogP contribution in [-0.2, 0) is 0 Å². The quantitative estimate of drug-likeness (QED) is 0.719. The first-order valence-corrected chi connectivity index (χ1v) is 8.82. The predicted octanol–water partition coefficient (Wildman–Crippen LogP) is 3.18. The fourth-order valence-electron chi connectivity index (χ4n) is 3.18. The smallest absolute Gasteiger partial charge is 0.253 e. The molecule has 1 aromatic heterocycles. The number of anilines is 1. The zero-order valence-corrected chi connectivity index (χ0v) is 14.7. The summed E-state index contributed by atoms with van der Waals surface area (Å²) in [7, 11) is 0. The molecule has 27 heavy (non-hydrogen) atoms. The van der Waals surface area contributed by atoms with Gasteiger partial charge in [-0.3, -0.25) is 4.79 Å². The van der Waals surface area contributed by atoms with E-state index in [1.807, 2.05) is 70.5 Å². The highest BCUT2D eigenvalue weighted by molar-refractivity contribution is 5.94. The number of rotatable bonds is 3. The minimum atomic E-state index is 0.0262. The SMILES string of the molecule is N#Cc1nc(-c2ccccc2)oc1N1CCN(C(=O)c2ccccc2)CC1. The summed E-state index contributed by atoms with van der Waals surface area (Å²) in [5, 5.41) is 9.43. The minimum absolute atomic E-state index is 0.0262. The maximum Gasteiger partial charge on any atom is 0.253 e. The van der Waals surface area contributed by atoms with E-state index in [-0.39, 0.29) is 11.6 Å². The van der Waals surface area contributed by atoms with Crippen LogP contribution >= 0.6 is 0 Å². The topological polar surface area (TPSA) is 73.4 Å². The maximum absolute atomic E-state index is 12.6. The molecule has 0 aliphatic carbocycles. The molecule has 6 heteroatoms. The molecular weight excluding hydrogens is 340 g/mol. The Morgan fingerprint density at radius 3 is 2.22 bits per heavy atom. The molecule has 2 heterocycles. The highest BCUT2D eigenvalue weighted by atomic mass is 16.4. The van der Waals surface area contributed by atoms with Crippen molar-refractivity contribution in [3.05, 3.63) is 71.9 Å². The Bertz CT molecular complexity index is 968. The van der Waals surface area contributed by atoms with Crippen molar-refractivity contribution in [1.82, 2.24) is 9.88 Å². The van der Waals surface area contributed by atoms with Gasteiger partial charge in [-0.05, 0) is 24.3 Å². The van der Waals surface area contributed by atoms with Crippen LogP contribution in [0.5, 0.6) is 0 Å². The molecular formula is C21H18N4O2. The molecule has 1 fully saturated rings. The Morgan fingerprint density at radius 2 is 1.59 bits per heavy atom.